The van der Waals surface area contributed by atoms with Crippen molar-refractivity contribution >= 4 is 6.16 Å². The highest BCUT2D eigenvalue weighted by Gasteiger charge is 2.40. The van der Waals surface area contributed by atoms with Crippen LogP contribution in [0.5, 0.6) is 0 Å². The van der Waals surface area contributed by atoms with Crippen molar-refractivity contribution in [1.29, 1.82) is 0 Å². The highest BCUT2D eigenvalue weighted by molar-refractivity contribution is 5.62. The Morgan fingerprint density at radius 2 is 1.56 bits per heavy atom. The van der Waals surface area contributed by atoms with Crippen LogP contribution in [0, 0.1) is 0 Å². The summed E-state index contributed by atoms with van der Waals surface area (Å²) < 4.78 is 10.4. The maximum absolute atomic E-state index is 11.2. The zero-order valence-electron chi connectivity index (χ0n) is 12.0. The number of ether oxygens (including phenoxy) is 2. The molecular formula is C15H28O3. The first-order valence-corrected chi connectivity index (χ1v) is 7.58. The molecule has 1 rings (SSSR count). The van der Waals surface area contributed by atoms with Gasteiger partial charge in [0.25, 0.3) is 0 Å². The second-order valence-electron chi connectivity index (χ2n) is 5.45. The number of rotatable bonds is 10. The van der Waals surface area contributed by atoms with Crippen LogP contribution >= 0.6 is 0 Å². The van der Waals surface area contributed by atoms with Gasteiger partial charge in [-0.1, -0.05) is 52.4 Å². The smallest absolute Gasteiger partial charge is 0.430 e. The third-order valence-electron chi connectivity index (χ3n) is 3.72. The Bertz CT molecular complexity index is 240. The first-order valence-electron chi connectivity index (χ1n) is 7.58. The summed E-state index contributed by atoms with van der Waals surface area (Å²) in [5.74, 6) is 0. The van der Waals surface area contributed by atoms with E-state index in [9.17, 15) is 4.79 Å². The second kappa shape index (κ2) is 8.39. The average molecular weight is 256 g/mol. The number of cyclic esters (lactones) is 2. The van der Waals surface area contributed by atoms with Crippen molar-refractivity contribution in [1.82, 2.24) is 0 Å². The molecule has 3 nitrogen and oxygen atoms in total. The molecule has 0 radical (unpaired) electrons. The van der Waals surface area contributed by atoms with Gasteiger partial charge in [-0.2, -0.15) is 0 Å². The molecule has 0 aliphatic carbocycles. The van der Waals surface area contributed by atoms with Gasteiger partial charge in [0, 0.05) is 0 Å². The van der Waals surface area contributed by atoms with Gasteiger partial charge in [0.15, 0.2) is 0 Å². The van der Waals surface area contributed by atoms with E-state index >= 15 is 0 Å². The normalized spacial score (nSPS) is 22.9. The first kappa shape index (κ1) is 15.3. The monoisotopic (exact) mass is 256 g/mol. The predicted molar refractivity (Wildman–Crippen MR) is 72.7 cm³/mol. The Balaban J connectivity index is 2.22. The summed E-state index contributed by atoms with van der Waals surface area (Å²) in [5.41, 5.74) is -0.308. The fourth-order valence-electron chi connectivity index (χ4n) is 2.52. The van der Waals surface area contributed by atoms with E-state index in [2.05, 4.69) is 13.8 Å². The Morgan fingerprint density at radius 1 is 0.944 bits per heavy atom. The van der Waals surface area contributed by atoms with E-state index in [0.29, 0.717) is 6.61 Å². The molecule has 1 atom stereocenters. The summed E-state index contributed by atoms with van der Waals surface area (Å²) in [6.07, 6.45) is 11.3. The lowest BCUT2D eigenvalue weighted by molar-refractivity contribution is 0.0383. The predicted octanol–water partition coefficient (Wildman–Crippen LogP) is 4.83. The maximum Gasteiger partial charge on any atom is 0.509 e. The van der Waals surface area contributed by atoms with Crippen molar-refractivity contribution in [3.8, 4) is 0 Å². The number of carbonyl (C=O) groups is 1. The number of hydrogen-bond donors (Lipinski definition) is 0. The molecule has 1 saturated heterocycles. The van der Waals surface area contributed by atoms with Crippen LogP contribution < -0.4 is 0 Å². The van der Waals surface area contributed by atoms with E-state index < -0.39 is 6.16 Å². The van der Waals surface area contributed by atoms with E-state index in [4.69, 9.17) is 9.47 Å². The molecule has 1 fully saturated rings. The van der Waals surface area contributed by atoms with Gasteiger partial charge in [-0.25, -0.2) is 4.79 Å². The van der Waals surface area contributed by atoms with Gasteiger partial charge < -0.3 is 9.47 Å². The van der Waals surface area contributed by atoms with Gasteiger partial charge in [0.2, 0.25) is 0 Å². The summed E-state index contributed by atoms with van der Waals surface area (Å²) in [6, 6.07) is 0. The highest BCUT2D eigenvalue weighted by atomic mass is 16.8. The van der Waals surface area contributed by atoms with Gasteiger partial charge in [0.1, 0.15) is 12.2 Å². The molecule has 0 spiro atoms. The highest BCUT2D eigenvalue weighted by Crippen LogP contribution is 2.31. The van der Waals surface area contributed by atoms with Crippen LogP contribution in [-0.4, -0.2) is 18.4 Å². The van der Waals surface area contributed by atoms with Gasteiger partial charge in [-0.05, 0) is 25.7 Å². The topological polar surface area (TPSA) is 35.5 Å². The summed E-state index contributed by atoms with van der Waals surface area (Å²) in [7, 11) is 0. The fraction of sp³-hybridized carbons (Fsp3) is 0.933. The zero-order chi connectivity index (χ0) is 13.3. The summed E-state index contributed by atoms with van der Waals surface area (Å²) in [4.78, 5) is 11.2. The van der Waals surface area contributed by atoms with Crippen molar-refractivity contribution in [2.75, 3.05) is 6.61 Å². The fourth-order valence-corrected chi connectivity index (χ4v) is 2.52. The third-order valence-corrected chi connectivity index (χ3v) is 3.72. The molecule has 1 aliphatic heterocycles. The van der Waals surface area contributed by atoms with Crippen molar-refractivity contribution < 1.29 is 14.3 Å². The molecule has 0 N–H and O–H groups in total. The molecule has 3 heteroatoms. The van der Waals surface area contributed by atoms with Crippen LogP contribution in [-0.2, 0) is 9.47 Å². The molecule has 0 aromatic heterocycles. The van der Waals surface area contributed by atoms with Crippen molar-refractivity contribution in [2.45, 2.75) is 83.7 Å². The van der Waals surface area contributed by atoms with Crippen LogP contribution in [0.25, 0.3) is 0 Å². The first-order chi connectivity index (χ1) is 8.72. The van der Waals surface area contributed by atoms with Crippen LogP contribution in [0.1, 0.15) is 78.1 Å². The molecule has 18 heavy (non-hydrogen) atoms. The van der Waals surface area contributed by atoms with Crippen LogP contribution in [0.15, 0.2) is 0 Å². The second-order valence-corrected chi connectivity index (χ2v) is 5.45. The number of unbranched alkanes of at least 4 members (excludes halogenated alkanes) is 6. The molecule has 0 amide bonds. The maximum atomic E-state index is 11.2. The third kappa shape index (κ3) is 5.28. The summed E-state index contributed by atoms with van der Waals surface area (Å²) in [6.45, 7) is 4.85. The molecule has 106 valence electrons. The van der Waals surface area contributed by atoms with Gasteiger partial charge in [-0.3, -0.25) is 0 Å². The van der Waals surface area contributed by atoms with Gasteiger partial charge >= 0.3 is 6.16 Å². The Kier molecular flexibility index (Phi) is 7.14. The van der Waals surface area contributed by atoms with E-state index in [1.54, 1.807) is 0 Å². The minimum atomic E-state index is -0.475. The molecule has 0 aromatic carbocycles. The van der Waals surface area contributed by atoms with Gasteiger partial charge in [-0.15, -0.1) is 0 Å². The Labute approximate surface area is 111 Å². The number of hydrogen-bond acceptors (Lipinski definition) is 3. The summed E-state index contributed by atoms with van der Waals surface area (Å²) in [5, 5.41) is 0. The van der Waals surface area contributed by atoms with Gasteiger partial charge in [0.05, 0.1) is 0 Å². The van der Waals surface area contributed by atoms with E-state index in [0.717, 1.165) is 32.1 Å². The van der Waals surface area contributed by atoms with E-state index in [1.165, 1.54) is 32.1 Å². The molecule has 0 saturated carbocycles. The van der Waals surface area contributed by atoms with Crippen molar-refractivity contribution in [2.24, 2.45) is 0 Å². The molecule has 1 aliphatic rings. The van der Waals surface area contributed by atoms with Crippen LogP contribution in [0.4, 0.5) is 4.79 Å². The van der Waals surface area contributed by atoms with E-state index in [1.807, 2.05) is 0 Å². The standard InChI is InChI=1S/C15H28O3/c1-3-5-7-8-9-10-12-15(11-6-4-2)13-17-14(16)18-15/h3-13H2,1-2H3. The molecular weight excluding hydrogens is 228 g/mol. The molecule has 0 aromatic rings. The Hall–Kier alpha value is -0.730. The zero-order valence-corrected chi connectivity index (χ0v) is 12.0. The lowest BCUT2D eigenvalue weighted by Crippen LogP contribution is -2.31. The lowest BCUT2D eigenvalue weighted by Gasteiger charge is -2.24. The van der Waals surface area contributed by atoms with Crippen LogP contribution in [0.2, 0.25) is 0 Å². The van der Waals surface area contributed by atoms with Crippen LogP contribution in [0.3, 0.4) is 0 Å². The molecule has 0 bridgehead atoms. The SMILES string of the molecule is CCCCCCCCC1(CCCC)COC(=O)O1. The quantitative estimate of drug-likeness (QED) is 0.414. The lowest BCUT2D eigenvalue weighted by atomic mass is 9.91. The summed E-state index contributed by atoms with van der Waals surface area (Å²) >= 11 is 0. The average Bonchev–Trinajstić information content (AvgIpc) is 2.73. The van der Waals surface area contributed by atoms with Crippen molar-refractivity contribution in [3.05, 3.63) is 0 Å². The molecule has 1 heterocycles. The largest absolute Gasteiger partial charge is 0.509 e. The number of carbonyl (C=O) groups excluding carboxylic acids is 1. The van der Waals surface area contributed by atoms with E-state index in [-0.39, 0.29) is 5.60 Å². The minimum absolute atomic E-state index is 0.308. The van der Waals surface area contributed by atoms with Crippen molar-refractivity contribution in [3.63, 3.8) is 0 Å². The minimum Gasteiger partial charge on any atom is -0.430 e. The molecule has 1 unspecified atom stereocenters. The Morgan fingerprint density at radius 3 is 2.17 bits per heavy atom.